The number of nitrogens with two attached hydrogens (primary N) is 1. The van der Waals surface area contributed by atoms with Crippen LogP contribution in [0.4, 0.5) is 0 Å². The summed E-state index contributed by atoms with van der Waals surface area (Å²) in [5, 5.41) is 0. The van der Waals surface area contributed by atoms with Crippen molar-refractivity contribution in [3.8, 4) is 0 Å². The first kappa shape index (κ1) is 16.8. The maximum absolute atomic E-state index is 6.16. The summed E-state index contributed by atoms with van der Waals surface area (Å²) in [5.74, 6) is 0.390. The van der Waals surface area contributed by atoms with Gasteiger partial charge in [0.25, 0.3) is 0 Å². The molecule has 2 aromatic carbocycles. The highest BCUT2D eigenvalue weighted by Gasteiger charge is 2.18. The van der Waals surface area contributed by atoms with Gasteiger partial charge in [-0.2, -0.15) is 0 Å². The lowest BCUT2D eigenvalue weighted by molar-refractivity contribution is 0.680. The Morgan fingerprint density at radius 3 is 1.55 bits per heavy atom. The third-order valence-corrected chi connectivity index (χ3v) is 4.72. The summed E-state index contributed by atoms with van der Waals surface area (Å²) in [4.78, 5) is 0. The van der Waals surface area contributed by atoms with Crippen LogP contribution in [0.5, 0.6) is 0 Å². The Balaban J connectivity index is 2.43. The molecule has 2 rings (SSSR count). The van der Waals surface area contributed by atoms with Crippen LogP contribution in [0.3, 0.4) is 0 Å². The van der Waals surface area contributed by atoms with Crippen LogP contribution in [-0.2, 0) is 6.42 Å². The molecule has 0 saturated carbocycles. The van der Waals surface area contributed by atoms with Gasteiger partial charge in [-0.15, -0.1) is 0 Å². The molecule has 1 nitrogen and oxygen atoms in total. The molecule has 0 bridgehead atoms. The fourth-order valence-corrected chi connectivity index (χ4v) is 3.92. The minimum atomic E-state index is 0.390. The van der Waals surface area contributed by atoms with E-state index in [0.717, 1.165) is 6.42 Å². The van der Waals surface area contributed by atoms with E-state index in [1.165, 1.54) is 44.5 Å². The molecule has 0 radical (unpaired) electrons. The van der Waals surface area contributed by atoms with Crippen LogP contribution in [0.2, 0.25) is 0 Å². The van der Waals surface area contributed by atoms with Gasteiger partial charge in [0, 0.05) is 5.92 Å². The fraction of sp³-hybridized carbons (Fsp3) is 0.429. The zero-order valence-electron chi connectivity index (χ0n) is 14.9. The molecule has 0 aliphatic heterocycles. The summed E-state index contributed by atoms with van der Waals surface area (Å²) in [6, 6.07) is 9.12. The number of hydrogen-bond acceptors (Lipinski definition) is 1. The van der Waals surface area contributed by atoms with Crippen molar-refractivity contribution in [3.05, 3.63) is 68.8 Å². The normalized spacial score (nSPS) is 12.5. The van der Waals surface area contributed by atoms with Gasteiger partial charge in [0.15, 0.2) is 0 Å². The molecular formula is C21H29N. The lowest BCUT2D eigenvalue weighted by Crippen LogP contribution is -2.18. The second-order valence-corrected chi connectivity index (χ2v) is 6.83. The fourth-order valence-electron chi connectivity index (χ4n) is 3.92. The zero-order chi connectivity index (χ0) is 16.4. The third kappa shape index (κ3) is 3.41. The van der Waals surface area contributed by atoms with Gasteiger partial charge < -0.3 is 5.73 Å². The van der Waals surface area contributed by atoms with Crippen LogP contribution in [0.1, 0.15) is 50.4 Å². The van der Waals surface area contributed by atoms with E-state index in [1.807, 2.05) is 0 Å². The molecule has 0 saturated heterocycles. The number of aryl methyl sites for hydroxylation is 6. The summed E-state index contributed by atoms with van der Waals surface area (Å²) in [6.07, 6.45) is 1.03. The van der Waals surface area contributed by atoms with Gasteiger partial charge in [-0.1, -0.05) is 35.4 Å². The van der Waals surface area contributed by atoms with E-state index in [0.29, 0.717) is 12.5 Å². The predicted molar refractivity (Wildman–Crippen MR) is 96.8 cm³/mol. The van der Waals surface area contributed by atoms with Crippen LogP contribution in [0.15, 0.2) is 24.3 Å². The Morgan fingerprint density at radius 1 is 0.727 bits per heavy atom. The summed E-state index contributed by atoms with van der Waals surface area (Å²) in [7, 11) is 0. The quantitative estimate of drug-likeness (QED) is 0.859. The summed E-state index contributed by atoms with van der Waals surface area (Å²) >= 11 is 0. The molecule has 0 aliphatic carbocycles. The van der Waals surface area contributed by atoms with E-state index in [1.54, 1.807) is 0 Å². The Morgan fingerprint density at radius 2 is 1.14 bits per heavy atom. The van der Waals surface area contributed by atoms with Crippen molar-refractivity contribution in [3.63, 3.8) is 0 Å². The number of hydrogen-bond donors (Lipinski definition) is 1. The Hall–Kier alpha value is -1.60. The minimum absolute atomic E-state index is 0.390. The largest absolute Gasteiger partial charge is 0.330 e. The van der Waals surface area contributed by atoms with E-state index < -0.39 is 0 Å². The molecule has 1 atom stereocenters. The van der Waals surface area contributed by atoms with E-state index in [2.05, 4.69) is 65.8 Å². The van der Waals surface area contributed by atoms with Crippen molar-refractivity contribution < 1.29 is 0 Å². The van der Waals surface area contributed by atoms with Crippen LogP contribution >= 0.6 is 0 Å². The van der Waals surface area contributed by atoms with E-state index in [4.69, 9.17) is 5.73 Å². The van der Waals surface area contributed by atoms with Gasteiger partial charge in [-0.3, -0.25) is 0 Å². The maximum atomic E-state index is 6.16. The van der Waals surface area contributed by atoms with Crippen molar-refractivity contribution in [2.75, 3.05) is 6.54 Å². The molecule has 1 unspecified atom stereocenters. The number of benzene rings is 2. The number of rotatable bonds is 4. The first-order valence-corrected chi connectivity index (χ1v) is 8.18. The molecule has 0 aromatic heterocycles. The van der Waals surface area contributed by atoms with Crippen molar-refractivity contribution in [1.82, 2.24) is 0 Å². The smallest absolute Gasteiger partial charge is 0.000701 e. The van der Waals surface area contributed by atoms with Crippen LogP contribution in [-0.4, -0.2) is 6.54 Å². The third-order valence-electron chi connectivity index (χ3n) is 4.72. The Labute approximate surface area is 135 Å². The first-order valence-electron chi connectivity index (χ1n) is 8.18. The second-order valence-electron chi connectivity index (χ2n) is 6.83. The summed E-state index contributed by atoms with van der Waals surface area (Å²) < 4.78 is 0. The molecule has 2 aromatic rings. The van der Waals surface area contributed by atoms with Crippen molar-refractivity contribution in [2.45, 2.75) is 53.9 Å². The van der Waals surface area contributed by atoms with E-state index in [9.17, 15) is 0 Å². The maximum Gasteiger partial charge on any atom is 0.000701 e. The van der Waals surface area contributed by atoms with Gasteiger partial charge in [-0.25, -0.2) is 0 Å². The van der Waals surface area contributed by atoms with Crippen LogP contribution < -0.4 is 5.73 Å². The highest BCUT2D eigenvalue weighted by atomic mass is 14.5. The molecule has 22 heavy (non-hydrogen) atoms. The molecule has 1 heteroatoms. The monoisotopic (exact) mass is 295 g/mol. The zero-order valence-corrected chi connectivity index (χ0v) is 14.9. The topological polar surface area (TPSA) is 26.0 Å². The molecular weight excluding hydrogens is 266 g/mol. The van der Waals surface area contributed by atoms with Gasteiger partial charge in [-0.05, 0) is 87.9 Å². The molecule has 0 fully saturated rings. The molecule has 0 spiro atoms. The second kappa shape index (κ2) is 6.66. The molecule has 118 valence electrons. The highest BCUT2D eigenvalue weighted by molar-refractivity contribution is 5.43. The Bertz CT molecular complexity index is 636. The van der Waals surface area contributed by atoms with E-state index >= 15 is 0 Å². The molecule has 0 aliphatic rings. The van der Waals surface area contributed by atoms with E-state index in [-0.39, 0.29) is 0 Å². The van der Waals surface area contributed by atoms with Crippen LogP contribution in [0.25, 0.3) is 0 Å². The SMILES string of the molecule is Cc1cc(C)c(CC(CN)c2c(C)cc(C)cc2C)c(C)c1. The average molecular weight is 295 g/mol. The van der Waals surface area contributed by atoms with Gasteiger partial charge in [0.05, 0.1) is 0 Å². The summed E-state index contributed by atoms with van der Waals surface area (Å²) in [5.41, 5.74) is 17.2. The molecule has 0 amide bonds. The highest BCUT2D eigenvalue weighted by Crippen LogP contribution is 2.30. The predicted octanol–water partition coefficient (Wildman–Crippen LogP) is 4.82. The lowest BCUT2D eigenvalue weighted by Gasteiger charge is -2.23. The van der Waals surface area contributed by atoms with Crippen molar-refractivity contribution >= 4 is 0 Å². The van der Waals surface area contributed by atoms with Gasteiger partial charge >= 0.3 is 0 Å². The van der Waals surface area contributed by atoms with Crippen molar-refractivity contribution in [2.24, 2.45) is 5.73 Å². The minimum Gasteiger partial charge on any atom is -0.330 e. The van der Waals surface area contributed by atoms with Gasteiger partial charge in [0.1, 0.15) is 0 Å². The van der Waals surface area contributed by atoms with Crippen molar-refractivity contribution in [1.29, 1.82) is 0 Å². The first-order chi connectivity index (χ1) is 10.3. The Kier molecular flexibility index (Phi) is 5.08. The summed E-state index contributed by atoms with van der Waals surface area (Å²) in [6.45, 7) is 13.9. The standard InChI is InChI=1S/C21H29N/c1-13-7-15(3)20(16(4)8-13)11-19(12-22)21-17(5)9-14(2)10-18(21)6/h7-10,19H,11-12,22H2,1-6H3. The van der Waals surface area contributed by atoms with Crippen LogP contribution in [0, 0.1) is 41.5 Å². The lowest BCUT2D eigenvalue weighted by atomic mass is 9.83. The van der Waals surface area contributed by atoms with Gasteiger partial charge in [0.2, 0.25) is 0 Å². The molecule has 2 N–H and O–H groups in total. The molecule has 0 heterocycles. The average Bonchev–Trinajstić information content (AvgIpc) is 2.39.